The van der Waals surface area contributed by atoms with E-state index in [4.69, 9.17) is 0 Å². The summed E-state index contributed by atoms with van der Waals surface area (Å²) in [5, 5.41) is 6.28. The van der Waals surface area contributed by atoms with E-state index in [9.17, 15) is 9.59 Å². The Morgan fingerprint density at radius 1 is 0.550 bits per heavy atom. The Bertz CT molecular complexity index is 1070. The monoisotopic (exact) mass is 256 g/mol. The predicted molar refractivity (Wildman–Crippen MR) is 78.8 cm³/mol. The van der Waals surface area contributed by atoms with Crippen LogP contribution in [0.5, 0.6) is 0 Å². The molecule has 0 bridgehead atoms. The molecule has 0 saturated carbocycles. The first-order valence-electron chi connectivity index (χ1n) is 6.55. The van der Waals surface area contributed by atoms with Crippen LogP contribution in [0.25, 0.3) is 32.3 Å². The van der Waals surface area contributed by atoms with Crippen LogP contribution in [-0.4, -0.2) is 11.6 Å². The van der Waals surface area contributed by atoms with Crippen LogP contribution in [0.2, 0.25) is 0 Å². The van der Waals surface area contributed by atoms with E-state index in [1.54, 1.807) is 6.07 Å². The predicted octanol–water partition coefficient (Wildman–Crippen LogP) is 3.96. The highest BCUT2D eigenvalue weighted by Crippen LogP contribution is 2.41. The Hall–Kier alpha value is -2.74. The highest BCUT2D eigenvalue weighted by Gasteiger charge is 2.32. The highest BCUT2D eigenvalue weighted by atomic mass is 16.2. The van der Waals surface area contributed by atoms with Crippen LogP contribution in [-0.2, 0) is 0 Å². The molecule has 0 N–H and O–H groups in total. The Balaban J connectivity index is 2.26. The molecule has 0 saturated heterocycles. The minimum absolute atomic E-state index is 0.376. The number of rotatable bonds is 0. The maximum atomic E-state index is 12.2. The lowest BCUT2D eigenvalue weighted by Gasteiger charge is -2.11. The third kappa shape index (κ3) is 0.946. The molecule has 0 heterocycles. The molecule has 0 aromatic heterocycles. The molecular weight excluding hydrogens is 248 g/mol. The number of hydrogen-bond donors (Lipinski definition) is 0. The Morgan fingerprint density at radius 2 is 1.20 bits per heavy atom. The van der Waals surface area contributed by atoms with Crippen LogP contribution in [0.15, 0.2) is 48.5 Å². The SMILES string of the molecule is O=C1C(=O)c2cc3cccc4ccc5ccc1c2c5c43. The van der Waals surface area contributed by atoms with Gasteiger partial charge in [-0.3, -0.25) is 9.59 Å². The van der Waals surface area contributed by atoms with Crippen LogP contribution in [0, 0.1) is 0 Å². The Morgan fingerprint density at radius 3 is 2.05 bits per heavy atom. The van der Waals surface area contributed by atoms with E-state index in [-0.39, 0.29) is 11.6 Å². The molecular formula is C18H8O2. The number of benzene rings is 4. The molecule has 2 nitrogen and oxygen atoms in total. The normalized spacial score (nSPS) is 14.2. The lowest BCUT2D eigenvalue weighted by molar-refractivity contribution is 0.0825. The highest BCUT2D eigenvalue weighted by molar-refractivity contribution is 6.58. The number of ketones is 2. The Kier molecular flexibility index (Phi) is 1.54. The molecule has 0 amide bonds. The number of Topliss-reactive ketones (excluding diaryl/α,β-unsaturated/α-hetero) is 2. The third-order valence-corrected chi connectivity index (χ3v) is 4.32. The topological polar surface area (TPSA) is 34.1 Å². The van der Waals surface area contributed by atoms with Crippen molar-refractivity contribution in [3.63, 3.8) is 0 Å². The van der Waals surface area contributed by atoms with E-state index in [1.807, 2.05) is 24.3 Å². The van der Waals surface area contributed by atoms with E-state index in [2.05, 4.69) is 18.2 Å². The van der Waals surface area contributed by atoms with Crippen molar-refractivity contribution in [1.82, 2.24) is 0 Å². The van der Waals surface area contributed by atoms with Gasteiger partial charge < -0.3 is 0 Å². The summed E-state index contributed by atoms with van der Waals surface area (Å²) in [6.45, 7) is 0. The van der Waals surface area contributed by atoms with Crippen molar-refractivity contribution in [1.29, 1.82) is 0 Å². The first kappa shape index (κ1) is 10.1. The van der Waals surface area contributed by atoms with Crippen molar-refractivity contribution in [2.75, 3.05) is 0 Å². The molecule has 4 aromatic rings. The van der Waals surface area contributed by atoms with Crippen LogP contribution >= 0.6 is 0 Å². The van der Waals surface area contributed by atoms with Gasteiger partial charge in [0.05, 0.1) is 0 Å². The third-order valence-electron chi connectivity index (χ3n) is 4.32. The van der Waals surface area contributed by atoms with Gasteiger partial charge in [-0.1, -0.05) is 36.4 Å². The van der Waals surface area contributed by atoms with Crippen molar-refractivity contribution < 1.29 is 9.59 Å². The number of hydrogen-bond acceptors (Lipinski definition) is 2. The molecule has 5 rings (SSSR count). The first-order valence-corrected chi connectivity index (χ1v) is 6.55. The van der Waals surface area contributed by atoms with Crippen LogP contribution < -0.4 is 0 Å². The van der Waals surface area contributed by atoms with E-state index >= 15 is 0 Å². The maximum absolute atomic E-state index is 12.2. The van der Waals surface area contributed by atoms with Gasteiger partial charge in [-0.05, 0) is 39.1 Å². The van der Waals surface area contributed by atoms with Crippen molar-refractivity contribution in [3.8, 4) is 0 Å². The minimum Gasteiger partial charge on any atom is -0.285 e. The molecule has 1 aliphatic carbocycles. The van der Waals surface area contributed by atoms with Crippen molar-refractivity contribution in [2.45, 2.75) is 0 Å². The second-order valence-corrected chi connectivity index (χ2v) is 5.31. The largest absolute Gasteiger partial charge is 0.285 e. The van der Waals surface area contributed by atoms with Gasteiger partial charge >= 0.3 is 0 Å². The van der Waals surface area contributed by atoms with Gasteiger partial charge in [-0.15, -0.1) is 0 Å². The fourth-order valence-corrected chi connectivity index (χ4v) is 3.46. The zero-order valence-electron chi connectivity index (χ0n) is 10.4. The molecule has 92 valence electrons. The zero-order valence-corrected chi connectivity index (χ0v) is 10.4. The fourth-order valence-electron chi connectivity index (χ4n) is 3.46. The van der Waals surface area contributed by atoms with Gasteiger partial charge in [-0.2, -0.15) is 0 Å². The average Bonchev–Trinajstić information content (AvgIpc) is 2.73. The number of carbonyl (C=O) groups is 2. The molecule has 0 fully saturated rings. The molecule has 2 heteroatoms. The molecule has 0 radical (unpaired) electrons. The summed E-state index contributed by atoms with van der Waals surface area (Å²) in [6, 6.07) is 15.8. The summed E-state index contributed by atoms with van der Waals surface area (Å²) < 4.78 is 0. The molecule has 0 aliphatic heterocycles. The van der Waals surface area contributed by atoms with Crippen LogP contribution in [0.1, 0.15) is 20.7 Å². The molecule has 4 aromatic carbocycles. The smallest absolute Gasteiger partial charge is 0.234 e. The van der Waals surface area contributed by atoms with Gasteiger partial charge in [0.15, 0.2) is 0 Å². The van der Waals surface area contributed by atoms with E-state index in [0.717, 1.165) is 32.3 Å². The second-order valence-electron chi connectivity index (χ2n) is 5.31. The molecule has 0 unspecified atom stereocenters. The lowest BCUT2D eigenvalue weighted by Crippen LogP contribution is -2.05. The zero-order chi connectivity index (χ0) is 13.4. The van der Waals surface area contributed by atoms with Gasteiger partial charge in [0, 0.05) is 16.5 Å². The summed E-state index contributed by atoms with van der Waals surface area (Å²) >= 11 is 0. The van der Waals surface area contributed by atoms with Crippen molar-refractivity contribution in [2.24, 2.45) is 0 Å². The van der Waals surface area contributed by atoms with E-state index in [0.29, 0.717) is 11.1 Å². The van der Waals surface area contributed by atoms with Gasteiger partial charge in [0.2, 0.25) is 11.6 Å². The van der Waals surface area contributed by atoms with Gasteiger partial charge in [0.25, 0.3) is 0 Å². The molecule has 0 atom stereocenters. The second kappa shape index (κ2) is 3.05. The van der Waals surface area contributed by atoms with Crippen molar-refractivity contribution >= 4 is 43.9 Å². The molecule has 20 heavy (non-hydrogen) atoms. The standard InChI is InChI=1S/C18H8O2/c19-17-12-7-6-10-5-4-9-2-1-3-11-8-13(18(17)20)16(12)15(10)14(9)11/h1-8H. The van der Waals surface area contributed by atoms with E-state index in [1.165, 1.54) is 0 Å². The summed E-state index contributed by atoms with van der Waals surface area (Å²) in [6.07, 6.45) is 0. The van der Waals surface area contributed by atoms with Crippen LogP contribution in [0.3, 0.4) is 0 Å². The lowest BCUT2D eigenvalue weighted by atomic mass is 9.91. The number of carbonyl (C=O) groups excluding carboxylic acids is 2. The van der Waals surface area contributed by atoms with Gasteiger partial charge in [-0.25, -0.2) is 0 Å². The molecule has 0 spiro atoms. The summed E-state index contributed by atoms with van der Waals surface area (Å²) in [5.41, 5.74) is 1.11. The summed E-state index contributed by atoms with van der Waals surface area (Å²) in [7, 11) is 0. The fraction of sp³-hybridized carbons (Fsp3) is 0. The quantitative estimate of drug-likeness (QED) is 0.352. The Labute approximate surface area is 114 Å². The molecule has 1 aliphatic rings. The minimum atomic E-state index is -0.377. The van der Waals surface area contributed by atoms with E-state index < -0.39 is 0 Å². The average molecular weight is 256 g/mol. The van der Waals surface area contributed by atoms with Crippen LogP contribution in [0.4, 0.5) is 0 Å². The summed E-state index contributed by atoms with van der Waals surface area (Å²) in [5.74, 6) is -0.753. The maximum Gasteiger partial charge on any atom is 0.234 e. The summed E-state index contributed by atoms with van der Waals surface area (Å²) in [4.78, 5) is 24.3. The first-order chi connectivity index (χ1) is 9.75. The van der Waals surface area contributed by atoms with Crippen molar-refractivity contribution in [3.05, 3.63) is 59.7 Å². The van der Waals surface area contributed by atoms with Gasteiger partial charge in [0.1, 0.15) is 0 Å².